The largest absolute Gasteiger partial charge is 0.365 e. The van der Waals surface area contributed by atoms with Crippen LogP contribution in [-0.2, 0) is 13.0 Å². The summed E-state index contributed by atoms with van der Waals surface area (Å²) in [7, 11) is 0. The van der Waals surface area contributed by atoms with E-state index in [0.29, 0.717) is 22.4 Å². The third kappa shape index (κ3) is 3.40. The second-order valence-corrected chi connectivity index (χ2v) is 7.68. The minimum absolute atomic E-state index is 0.542. The molecule has 3 aromatic heterocycles. The molecule has 0 radical (unpaired) electrons. The van der Waals surface area contributed by atoms with Crippen LogP contribution >= 0.6 is 34.5 Å². The van der Waals surface area contributed by atoms with Crippen LogP contribution in [0.2, 0.25) is 10.0 Å². The zero-order valence-corrected chi connectivity index (χ0v) is 16.2. The number of halogens is 2. The van der Waals surface area contributed by atoms with E-state index >= 15 is 0 Å². The van der Waals surface area contributed by atoms with Gasteiger partial charge in [0.05, 0.1) is 15.4 Å². The van der Waals surface area contributed by atoms with Gasteiger partial charge in [-0.1, -0.05) is 36.2 Å². The summed E-state index contributed by atoms with van der Waals surface area (Å²) >= 11 is 13.8. The molecular formula is C18H15Cl2N5S. The van der Waals surface area contributed by atoms with Crippen LogP contribution in [0.4, 0.5) is 5.82 Å². The quantitative estimate of drug-likeness (QED) is 0.457. The summed E-state index contributed by atoms with van der Waals surface area (Å²) in [4.78, 5) is 11.6. The molecule has 26 heavy (non-hydrogen) atoms. The number of fused-ring (bicyclic) bond motifs is 1. The fourth-order valence-electron chi connectivity index (χ4n) is 2.62. The van der Waals surface area contributed by atoms with Gasteiger partial charge in [-0.25, -0.2) is 9.97 Å². The monoisotopic (exact) mass is 403 g/mol. The van der Waals surface area contributed by atoms with E-state index < -0.39 is 0 Å². The van der Waals surface area contributed by atoms with E-state index in [9.17, 15) is 0 Å². The average molecular weight is 404 g/mol. The first-order chi connectivity index (χ1) is 12.6. The van der Waals surface area contributed by atoms with E-state index in [1.807, 2.05) is 18.2 Å². The number of aryl methyl sites for hydroxylation is 1. The van der Waals surface area contributed by atoms with Gasteiger partial charge in [0.15, 0.2) is 5.82 Å². The molecule has 0 atom stereocenters. The lowest BCUT2D eigenvalue weighted by molar-refractivity contribution is 1.06. The van der Waals surface area contributed by atoms with Gasteiger partial charge in [0.1, 0.15) is 16.3 Å². The van der Waals surface area contributed by atoms with Crippen LogP contribution in [0.3, 0.4) is 0 Å². The second-order valence-electron chi connectivity index (χ2n) is 5.75. The van der Waals surface area contributed by atoms with Gasteiger partial charge < -0.3 is 5.32 Å². The van der Waals surface area contributed by atoms with E-state index in [2.05, 4.69) is 33.5 Å². The van der Waals surface area contributed by atoms with Gasteiger partial charge in [0.2, 0.25) is 0 Å². The van der Waals surface area contributed by atoms with Gasteiger partial charge in [0.25, 0.3) is 0 Å². The minimum Gasteiger partial charge on any atom is -0.365 e. The lowest BCUT2D eigenvalue weighted by atomic mass is 10.2. The number of hydrogen-bond acceptors (Lipinski definition) is 5. The Balaban J connectivity index is 1.71. The Bertz CT molecular complexity index is 1060. The van der Waals surface area contributed by atoms with Crippen molar-refractivity contribution in [1.29, 1.82) is 0 Å². The highest BCUT2D eigenvalue weighted by Gasteiger charge is 2.13. The smallest absolute Gasteiger partial charge is 0.180 e. The Morgan fingerprint density at radius 3 is 2.73 bits per heavy atom. The normalized spacial score (nSPS) is 11.2. The minimum atomic E-state index is 0.542. The van der Waals surface area contributed by atoms with Crippen molar-refractivity contribution in [3.05, 3.63) is 57.0 Å². The van der Waals surface area contributed by atoms with E-state index in [1.54, 1.807) is 23.6 Å². The molecule has 132 valence electrons. The van der Waals surface area contributed by atoms with E-state index in [-0.39, 0.29) is 0 Å². The molecule has 5 nitrogen and oxygen atoms in total. The zero-order chi connectivity index (χ0) is 18.1. The first kappa shape index (κ1) is 17.3. The highest BCUT2D eigenvalue weighted by molar-refractivity contribution is 7.18. The summed E-state index contributed by atoms with van der Waals surface area (Å²) in [5.74, 6) is 1.41. The molecule has 4 rings (SSSR count). The Hall–Kier alpha value is -2.15. The third-order valence-electron chi connectivity index (χ3n) is 3.98. The predicted molar refractivity (Wildman–Crippen MR) is 108 cm³/mol. The van der Waals surface area contributed by atoms with Gasteiger partial charge >= 0.3 is 0 Å². The van der Waals surface area contributed by atoms with Gasteiger partial charge in [-0.15, -0.1) is 11.3 Å². The van der Waals surface area contributed by atoms with E-state index in [4.69, 9.17) is 28.2 Å². The maximum absolute atomic E-state index is 6.11. The molecule has 0 aliphatic rings. The molecule has 1 aromatic carbocycles. The molecule has 0 spiro atoms. The van der Waals surface area contributed by atoms with Crippen LogP contribution in [0.25, 0.3) is 21.7 Å². The van der Waals surface area contributed by atoms with Crippen LogP contribution in [0.1, 0.15) is 17.4 Å². The van der Waals surface area contributed by atoms with Crippen molar-refractivity contribution in [2.24, 2.45) is 0 Å². The summed E-state index contributed by atoms with van der Waals surface area (Å²) in [5, 5.41) is 12.4. The summed E-state index contributed by atoms with van der Waals surface area (Å²) in [5.41, 5.74) is 1.82. The van der Waals surface area contributed by atoms with Crippen LogP contribution in [0.15, 0.2) is 36.5 Å². The Morgan fingerprint density at radius 1 is 1.12 bits per heavy atom. The lowest BCUT2D eigenvalue weighted by Gasteiger charge is -2.09. The molecule has 0 aliphatic carbocycles. The summed E-state index contributed by atoms with van der Waals surface area (Å²) in [6, 6.07) is 9.61. The number of anilines is 1. The molecule has 3 heterocycles. The molecular weight excluding hydrogens is 389 g/mol. The molecule has 0 saturated heterocycles. The fourth-order valence-corrected chi connectivity index (χ4v) is 3.90. The summed E-state index contributed by atoms with van der Waals surface area (Å²) in [6.45, 7) is 2.72. The first-order valence-corrected chi connectivity index (χ1v) is 9.69. The van der Waals surface area contributed by atoms with E-state index in [0.717, 1.165) is 33.7 Å². The predicted octanol–water partition coefficient (Wildman–Crippen LogP) is 5.56. The number of aromatic nitrogens is 4. The third-order valence-corrected chi connectivity index (χ3v) is 5.89. The molecule has 4 aromatic rings. The molecule has 0 amide bonds. The van der Waals surface area contributed by atoms with Crippen molar-refractivity contribution in [3.63, 3.8) is 0 Å². The molecule has 2 N–H and O–H groups in total. The highest BCUT2D eigenvalue weighted by atomic mass is 35.5. The molecule has 8 heteroatoms. The number of H-pyrrole nitrogens is 1. The standard InChI is InChI=1S/C18H15Cl2N5S/c1-2-11-8-12-16(21-9-10-3-4-13(19)14(20)7-10)23-17(24-18(12)26-11)15-5-6-22-25-15/h3-8H,2,9H2,1H3,(H,22,25)(H,21,23,24). The van der Waals surface area contributed by atoms with Crippen LogP contribution in [0.5, 0.6) is 0 Å². The fraction of sp³-hybridized carbons (Fsp3) is 0.167. The van der Waals surface area contributed by atoms with Crippen molar-refractivity contribution in [1.82, 2.24) is 20.2 Å². The van der Waals surface area contributed by atoms with Crippen LogP contribution in [-0.4, -0.2) is 20.2 Å². The van der Waals surface area contributed by atoms with Crippen molar-refractivity contribution in [2.75, 3.05) is 5.32 Å². The number of thiophene rings is 1. The van der Waals surface area contributed by atoms with Crippen LogP contribution in [0, 0.1) is 0 Å². The topological polar surface area (TPSA) is 66.5 Å². The Morgan fingerprint density at radius 2 is 2.00 bits per heavy atom. The molecule has 0 aliphatic heterocycles. The molecule has 0 bridgehead atoms. The Labute approximate surface area is 164 Å². The number of benzene rings is 1. The molecule has 0 fully saturated rings. The molecule has 0 saturated carbocycles. The van der Waals surface area contributed by atoms with Crippen molar-refractivity contribution < 1.29 is 0 Å². The van der Waals surface area contributed by atoms with Crippen LogP contribution < -0.4 is 5.32 Å². The lowest BCUT2D eigenvalue weighted by Crippen LogP contribution is -2.03. The van der Waals surface area contributed by atoms with Crippen molar-refractivity contribution in [2.45, 2.75) is 19.9 Å². The van der Waals surface area contributed by atoms with Gasteiger partial charge in [-0.05, 0) is 36.2 Å². The van der Waals surface area contributed by atoms with Gasteiger partial charge in [-0.2, -0.15) is 5.10 Å². The maximum Gasteiger partial charge on any atom is 0.180 e. The summed E-state index contributed by atoms with van der Waals surface area (Å²) < 4.78 is 0. The number of hydrogen-bond donors (Lipinski definition) is 2. The zero-order valence-electron chi connectivity index (χ0n) is 13.9. The SMILES string of the molecule is CCc1cc2c(NCc3ccc(Cl)c(Cl)c3)nc(-c3ccn[nH]3)nc2s1. The average Bonchev–Trinajstić information content (AvgIpc) is 3.31. The van der Waals surface area contributed by atoms with Gasteiger partial charge in [-0.3, -0.25) is 5.10 Å². The highest BCUT2D eigenvalue weighted by Crippen LogP contribution is 2.32. The second kappa shape index (κ2) is 7.23. The maximum atomic E-state index is 6.11. The summed E-state index contributed by atoms with van der Waals surface area (Å²) in [6.07, 6.45) is 2.66. The number of nitrogens with zero attached hydrogens (tertiary/aromatic N) is 3. The number of aromatic amines is 1. The number of nitrogens with one attached hydrogen (secondary N) is 2. The Kier molecular flexibility index (Phi) is 4.80. The number of rotatable bonds is 5. The van der Waals surface area contributed by atoms with Gasteiger partial charge in [0, 0.05) is 17.6 Å². The van der Waals surface area contributed by atoms with E-state index in [1.165, 1.54) is 4.88 Å². The first-order valence-electron chi connectivity index (χ1n) is 8.12. The molecule has 0 unspecified atom stereocenters. The van der Waals surface area contributed by atoms with Crippen molar-refractivity contribution >= 4 is 50.6 Å². The van der Waals surface area contributed by atoms with Crippen molar-refractivity contribution in [3.8, 4) is 11.5 Å².